The number of likely N-dealkylation sites (tertiary alicyclic amines) is 1. The maximum atomic E-state index is 13.7. The van der Waals surface area contributed by atoms with Gasteiger partial charge in [-0.2, -0.15) is 0 Å². The van der Waals surface area contributed by atoms with Gasteiger partial charge in [-0.15, -0.1) is 11.6 Å². The normalized spacial score (nSPS) is 19.8. The topological polar surface area (TPSA) is 29.5 Å². The lowest BCUT2D eigenvalue weighted by molar-refractivity contribution is -0.128. The molecule has 1 heterocycles. The molecule has 0 bridgehead atoms. The number of ether oxygens (including phenoxy) is 1. The summed E-state index contributed by atoms with van der Waals surface area (Å²) < 4.78 is 18.8. The van der Waals surface area contributed by atoms with Crippen LogP contribution in [0.2, 0.25) is 0 Å². The van der Waals surface area contributed by atoms with E-state index in [1.54, 1.807) is 17.0 Å². The number of hydrogen-bond acceptors (Lipinski definition) is 2. The number of hydrogen-bond donors (Lipinski definition) is 0. The lowest BCUT2D eigenvalue weighted by atomic mass is 10.1. The molecule has 1 aromatic rings. The Morgan fingerprint density at radius 1 is 1.59 bits per heavy atom. The van der Waals surface area contributed by atoms with Crippen LogP contribution in [0, 0.1) is 5.82 Å². The molecular weight excluding hydrogens is 245 g/mol. The second-order valence-corrected chi connectivity index (χ2v) is 4.61. The molecular formula is C12H13ClFNO2. The highest BCUT2D eigenvalue weighted by molar-refractivity contribution is 6.22. The van der Waals surface area contributed by atoms with E-state index in [0.29, 0.717) is 24.3 Å². The van der Waals surface area contributed by atoms with E-state index in [2.05, 4.69) is 0 Å². The lowest BCUT2D eigenvalue weighted by Gasteiger charge is -2.18. The number of carbonyl (C=O) groups excluding carboxylic acids is 1. The van der Waals surface area contributed by atoms with E-state index in [1.807, 2.05) is 0 Å². The Hall–Kier alpha value is -1.29. The minimum atomic E-state index is -0.366. The van der Waals surface area contributed by atoms with Crippen LogP contribution in [-0.2, 0) is 11.3 Å². The monoisotopic (exact) mass is 257 g/mol. The Bertz CT molecular complexity index is 439. The Balaban J connectivity index is 2.21. The summed E-state index contributed by atoms with van der Waals surface area (Å²) in [5.74, 6) is 0.0429. The van der Waals surface area contributed by atoms with E-state index in [0.717, 1.165) is 0 Å². The number of rotatable bonds is 3. The third kappa shape index (κ3) is 2.52. The Morgan fingerprint density at radius 3 is 2.94 bits per heavy atom. The third-order valence-electron chi connectivity index (χ3n) is 2.81. The van der Waals surface area contributed by atoms with Gasteiger partial charge < -0.3 is 9.64 Å². The molecule has 1 aliphatic rings. The summed E-state index contributed by atoms with van der Waals surface area (Å²) in [5.41, 5.74) is 0.397. The first-order valence-electron chi connectivity index (χ1n) is 5.35. The molecule has 1 atom stereocenters. The molecule has 0 spiro atoms. The summed E-state index contributed by atoms with van der Waals surface area (Å²) in [6.45, 7) is 0.662. The van der Waals surface area contributed by atoms with Crippen LogP contribution in [0.15, 0.2) is 18.2 Å². The highest BCUT2D eigenvalue weighted by Gasteiger charge is 2.29. The van der Waals surface area contributed by atoms with E-state index in [4.69, 9.17) is 16.3 Å². The van der Waals surface area contributed by atoms with E-state index < -0.39 is 0 Å². The fourth-order valence-corrected chi connectivity index (χ4v) is 2.25. The first kappa shape index (κ1) is 12.2. The molecule has 1 amide bonds. The van der Waals surface area contributed by atoms with Gasteiger partial charge in [-0.25, -0.2) is 4.39 Å². The number of alkyl halides is 1. The van der Waals surface area contributed by atoms with E-state index in [-0.39, 0.29) is 23.6 Å². The highest BCUT2D eigenvalue weighted by atomic mass is 35.5. The van der Waals surface area contributed by atoms with Crippen LogP contribution < -0.4 is 4.74 Å². The van der Waals surface area contributed by atoms with Gasteiger partial charge in [0.25, 0.3) is 0 Å². The minimum absolute atomic E-state index is 0.0460. The summed E-state index contributed by atoms with van der Waals surface area (Å²) in [6, 6.07) is 4.61. The smallest absolute Gasteiger partial charge is 0.224 e. The number of benzene rings is 1. The summed E-state index contributed by atoms with van der Waals surface area (Å²) in [5, 5.41) is -0.180. The molecule has 17 heavy (non-hydrogen) atoms. The van der Waals surface area contributed by atoms with Crippen LogP contribution in [-0.4, -0.2) is 29.8 Å². The summed E-state index contributed by atoms with van der Waals surface area (Å²) in [6.07, 6.45) is 0.318. The first-order chi connectivity index (χ1) is 8.11. The zero-order valence-corrected chi connectivity index (χ0v) is 10.2. The van der Waals surface area contributed by atoms with Crippen molar-refractivity contribution in [3.63, 3.8) is 0 Å². The van der Waals surface area contributed by atoms with Gasteiger partial charge >= 0.3 is 0 Å². The van der Waals surface area contributed by atoms with Crippen molar-refractivity contribution in [2.24, 2.45) is 0 Å². The third-order valence-corrected chi connectivity index (χ3v) is 3.10. The quantitative estimate of drug-likeness (QED) is 0.777. The van der Waals surface area contributed by atoms with Gasteiger partial charge in [0.05, 0.1) is 19.0 Å². The number of halogens is 2. The molecule has 1 aromatic carbocycles. The van der Waals surface area contributed by atoms with Gasteiger partial charge in [0.15, 0.2) is 0 Å². The van der Waals surface area contributed by atoms with Crippen molar-refractivity contribution >= 4 is 17.5 Å². The van der Waals surface area contributed by atoms with E-state index in [9.17, 15) is 9.18 Å². The molecule has 1 aliphatic heterocycles. The van der Waals surface area contributed by atoms with Crippen molar-refractivity contribution in [1.29, 1.82) is 0 Å². The fourth-order valence-electron chi connectivity index (χ4n) is 1.95. The highest BCUT2D eigenvalue weighted by Crippen LogP contribution is 2.26. The maximum Gasteiger partial charge on any atom is 0.224 e. The zero-order chi connectivity index (χ0) is 12.4. The molecule has 0 aliphatic carbocycles. The summed E-state index contributed by atoms with van der Waals surface area (Å²) in [7, 11) is 1.48. The van der Waals surface area contributed by atoms with Gasteiger partial charge in [0, 0.05) is 18.5 Å². The maximum absolute atomic E-state index is 13.7. The van der Waals surface area contributed by atoms with Crippen molar-refractivity contribution in [2.45, 2.75) is 18.3 Å². The molecule has 5 heteroatoms. The second-order valence-electron chi connectivity index (χ2n) is 4.00. The Kier molecular flexibility index (Phi) is 3.52. The molecule has 0 saturated carbocycles. The van der Waals surface area contributed by atoms with Crippen molar-refractivity contribution in [2.75, 3.05) is 13.7 Å². The van der Waals surface area contributed by atoms with Crippen molar-refractivity contribution < 1.29 is 13.9 Å². The molecule has 3 nitrogen and oxygen atoms in total. The van der Waals surface area contributed by atoms with Gasteiger partial charge in [0.1, 0.15) is 11.6 Å². The van der Waals surface area contributed by atoms with Crippen LogP contribution in [0.25, 0.3) is 0 Å². The standard InChI is InChI=1S/C12H13ClFNO2/c1-17-11-4-2-3-10(14)9(11)7-15-6-8(13)5-12(15)16/h2-4,8H,5-7H2,1H3. The average molecular weight is 258 g/mol. The van der Waals surface area contributed by atoms with Crippen LogP contribution in [0.3, 0.4) is 0 Å². The minimum Gasteiger partial charge on any atom is -0.496 e. The molecule has 0 radical (unpaired) electrons. The van der Waals surface area contributed by atoms with Crippen LogP contribution >= 0.6 is 11.6 Å². The van der Waals surface area contributed by atoms with Crippen LogP contribution in [0.1, 0.15) is 12.0 Å². The largest absolute Gasteiger partial charge is 0.496 e. The van der Waals surface area contributed by atoms with Crippen molar-refractivity contribution in [1.82, 2.24) is 4.90 Å². The van der Waals surface area contributed by atoms with Crippen LogP contribution in [0.5, 0.6) is 5.75 Å². The number of carbonyl (C=O) groups is 1. The van der Waals surface area contributed by atoms with Gasteiger partial charge in [-0.1, -0.05) is 6.07 Å². The molecule has 1 saturated heterocycles. The number of amides is 1. The summed E-state index contributed by atoms with van der Waals surface area (Å²) >= 11 is 5.89. The molecule has 2 rings (SSSR count). The molecule has 0 N–H and O–H groups in total. The summed E-state index contributed by atoms with van der Waals surface area (Å²) in [4.78, 5) is 13.1. The van der Waals surface area contributed by atoms with E-state index >= 15 is 0 Å². The number of nitrogens with zero attached hydrogens (tertiary/aromatic N) is 1. The Morgan fingerprint density at radius 2 is 2.35 bits per heavy atom. The van der Waals surface area contributed by atoms with Gasteiger partial charge in [-0.3, -0.25) is 4.79 Å². The van der Waals surface area contributed by atoms with Gasteiger partial charge in [0.2, 0.25) is 5.91 Å². The Labute approximate surface area is 104 Å². The fraction of sp³-hybridized carbons (Fsp3) is 0.417. The molecule has 1 unspecified atom stereocenters. The van der Waals surface area contributed by atoms with Crippen molar-refractivity contribution in [3.05, 3.63) is 29.6 Å². The zero-order valence-electron chi connectivity index (χ0n) is 9.45. The lowest BCUT2D eigenvalue weighted by Crippen LogP contribution is -2.25. The average Bonchev–Trinajstić information content (AvgIpc) is 2.60. The predicted molar refractivity (Wildman–Crippen MR) is 62.6 cm³/mol. The predicted octanol–water partition coefficient (Wildman–Crippen LogP) is 2.17. The first-order valence-corrected chi connectivity index (χ1v) is 5.78. The number of methoxy groups -OCH3 is 1. The van der Waals surface area contributed by atoms with Gasteiger partial charge in [-0.05, 0) is 12.1 Å². The molecule has 1 fully saturated rings. The van der Waals surface area contributed by atoms with Crippen LogP contribution in [0.4, 0.5) is 4.39 Å². The molecule has 92 valence electrons. The SMILES string of the molecule is COc1cccc(F)c1CN1CC(Cl)CC1=O. The molecule has 0 aromatic heterocycles. The van der Waals surface area contributed by atoms with E-state index in [1.165, 1.54) is 13.2 Å². The van der Waals surface area contributed by atoms with Crippen molar-refractivity contribution in [3.8, 4) is 5.75 Å². The second kappa shape index (κ2) is 4.92.